The average molecular weight is 459 g/mol. The molecular formula is C36H26. The van der Waals surface area contributed by atoms with Gasteiger partial charge in [0.2, 0.25) is 0 Å². The summed E-state index contributed by atoms with van der Waals surface area (Å²) in [5.41, 5.74) is 12.3. The zero-order valence-corrected chi connectivity index (χ0v) is 20.0. The first-order valence-electron chi connectivity index (χ1n) is 12.4. The van der Waals surface area contributed by atoms with Gasteiger partial charge in [0, 0.05) is 0 Å². The lowest BCUT2D eigenvalue weighted by atomic mass is 9.88. The molecule has 0 aromatic heterocycles. The molecule has 0 heterocycles. The Bertz CT molecular complexity index is 1500. The Morgan fingerprint density at radius 2 is 0.472 bits per heavy atom. The van der Waals surface area contributed by atoms with Crippen LogP contribution < -0.4 is 0 Å². The summed E-state index contributed by atoms with van der Waals surface area (Å²) >= 11 is 0. The SMILES string of the molecule is c1ccc(-c2cc(-c3ccccc3-c3ccccc3)cc(-c3ccccc3-c3ccccc3)c2)cc1. The first-order valence-corrected chi connectivity index (χ1v) is 12.4. The summed E-state index contributed by atoms with van der Waals surface area (Å²) in [6.07, 6.45) is 0. The van der Waals surface area contributed by atoms with Gasteiger partial charge in [0.1, 0.15) is 0 Å². The molecule has 0 aliphatic carbocycles. The molecule has 170 valence electrons. The van der Waals surface area contributed by atoms with Crippen molar-refractivity contribution in [2.24, 2.45) is 0 Å². The highest BCUT2D eigenvalue weighted by Crippen LogP contribution is 2.39. The van der Waals surface area contributed by atoms with Crippen LogP contribution in [-0.4, -0.2) is 0 Å². The molecule has 0 amide bonds. The predicted octanol–water partition coefficient (Wildman–Crippen LogP) is 10.0. The summed E-state index contributed by atoms with van der Waals surface area (Å²) in [6, 6.07) is 56.4. The average Bonchev–Trinajstić information content (AvgIpc) is 2.98. The maximum atomic E-state index is 2.34. The quantitative estimate of drug-likeness (QED) is 0.241. The van der Waals surface area contributed by atoms with E-state index in [9.17, 15) is 0 Å². The molecule has 0 N–H and O–H groups in total. The molecule has 0 saturated heterocycles. The molecule has 0 atom stereocenters. The van der Waals surface area contributed by atoms with Crippen molar-refractivity contribution in [3.63, 3.8) is 0 Å². The fraction of sp³-hybridized carbons (Fsp3) is 0. The van der Waals surface area contributed by atoms with Gasteiger partial charge in [-0.15, -0.1) is 0 Å². The topological polar surface area (TPSA) is 0 Å². The second kappa shape index (κ2) is 9.90. The van der Waals surface area contributed by atoms with Crippen LogP contribution in [0.25, 0.3) is 55.6 Å². The highest BCUT2D eigenvalue weighted by Gasteiger charge is 2.13. The highest BCUT2D eigenvalue weighted by atomic mass is 14.2. The van der Waals surface area contributed by atoms with Crippen molar-refractivity contribution in [3.05, 3.63) is 158 Å². The summed E-state index contributed by atoms with van der Waals surface area (Å²) in [4.78, 5) is 0. The first kappa shape index (κ1) is 21.8. The maximum absolute atomic E-state index is 2.34. The van der Waals surface area contributed by atoms with Gasteiger partial charge < -0.3 is 0 Å². The minimum Gasteiger partial charge on any atom is -0.0622 e. The molecule has 6 rings (SSSR count). The van der Waals surface area contributed by atoms with Gasteiger partial charge in [-0.25, -0.2) is 0 Å². The second-order valence-corrected chi connectivity index (χ2v) is 8.99. The Hall–Kier alpha value is -4.68. The van der Waals surface area contributed by atoms with Crippen LogP contribution in [0, 0.1) is 0 Å². The van der Waals surface area contributed by atoms with Crippen LogP contribution >= 0.6 is 0 Å². The fourth-order valence-corrected chi connectivity index (χ4v) is 4.94. The molecule has 0 aliphatic rings. The third-order valence-corrected chi connectivity index (χ3v) is 6.69. The predicted molar refractivity (Wildman–Crippen MR) is 154 cm³/mol. The Balaban J connectivity index is 1.59. The minimum atomic E-state index is 1.22. The van der Waals surface area contributed by atoms with E-state index >= 15 is 0 Å². The van der Waals surface area contributed by atoms with Crippen molar-refractivity contribution in [2.75, 3.05) is 0 Å². The van der Waals surface area contributed by atoms with Gasteiger partial charge in [0.25, 0.3) is 0 Å². The Labute approximate surface area is 213 Å². The van der Waals surface area contributed by atoms with E-state index in [1.165, 1.54) is 55.6 Å². The van der Waals surface area contributed by atoms with E-state index in [2.05, 4.69) is 158 Å². The normalized spacial score (nSPS) is 10.8. The van der Waals surface area contributed by atoms with Gasteiger partial charge >= 0.3 is 0 Å². The van der Waals surface area contributed by atoms with E-state index in [4.69, 9.17) is 0 Å². The van der Waals surface area contributed by atoms with E-state index in [0.29, 0.717) is 0 Å². The monoisotopic (exact) mass is 458 g/mol. The van der Waals surface area contributed by atoms with Crippen LogP contribution in [0.2, 0.25) is 0 Å². The summed E-state index contributed by atoms with van der Waals surface area (Å²) in [6.45, 7) is 0. The van der Waals surface area contributed by atoms with Crippen molar-refractivity contribution in [1.82, 2.24) is 0 Å². The largest absolute Gasteiger partial charge is 0.0622 e. The molecule has 0 aliphatic heterocycles. The summed E-state index contributed by atoms with van der Waals surface area (Å²) < 4.78 is 0. The molecule has 0 radical (unpaired) electrons. The van der Waals surface area contributed by atoms with Gasteiger partial charge in [-0.1, -0.05) is 140 Å². The van der Waals surface area contributed by atoms with E-state index in [-0.39, 0.29) is 0 Å². The van der Waals surface area contributed by atoms with Crippen molar-refractivity contribution < 1.29 is 0 Å². The van der Waals surface area contributed by atoms with Gasteiger partial charge in [0.15, 0.2) is 0 Å². The van der Waals surface area contributed by atoms with Crippen molar-refractivity contribution in [1.29, 1.82) is 0 Å². The van der Waals surface area contributed by atoms with Gasteiger partial charge in [-0.2, -0.15) is 0 Å². The first-order chi connectivity index (χ1) is 17.9. The number of hydrogen-bond donors (Lipinski definition) is 0. The lowest BCUT2D eigenvalue weighted by Crippen LogP contribution is -1.90. The zero-order valence-electron chi connectivity index (χ0n) is 20.0. The van der Waals surface area contributed by atoms with E-state index in [1.54, 1.807) is 0 Å². The molecule has 0 fully saturated rings. The molecular weight excluding hydrogens is 432 g/mol. The summed E-state index contributed by atoms with van der Waals surface area (Å²) in [5.74, 6) is 0. The number of benzene rings is 6. The lowest BCUT2D eigenvalue weighted by Gasteiger charge is -2.16. The molecule has 6 aromatic rings. The van der Waals surface area contributed by atoms with Crippen LogP contribution in [0.5, 0.6) is 0 Å². The van der Waals surface area contributed by atoms with Gasteiger partial charge in [0.05, 0.1) is 0 Å². The third kappa shape index (κ3) is 4.37. The Kier molecular flexibility index (Phi) is 6.00. The van der Waals surface area contributed by atoms with Crippen molar-refractivity contribution >= 4 is 0 Å². The van der Waals surface area contributed by atoms with Crippen molar-refractivity contribution in [3.8, 4) is 55.6 Å². The second-order valence-electron chi connectivity index (χ2n) is 8.99. The van der Waals surface area contributed by atoms with Crippen LogP contribution in [0.4, 0.5) is 0 Å². The van der Waals surface area contributed by atoms with Crippen LogP contribution in [0.15, 0.2) is 158 Å². The molecule has 0 unspecified atom stereocenters. The van der Waals surface area contributed by atoms with E-state index in [1.807, 2.05) is 0 Å². The van der Waals surface area contributed by atoms with Crippen LogP contribution in [0.3, 0.4) is 0 Å². The number of rotatable bonds is 5. The molecule has 0 bridgehead atoms. The summed E-state index contributed by atoms with van der Waals surface area (Å²) in [5, 5.41) is 0. The molecule has 6 aromatic carbocycles. The molecule has 36 heavy (non-hydrogen) atoms. The maximum Gasteiger partial charge on any atom is -0.0105 e. The lowest BCUT2D eigenvalue weighted by molar-refractivity contribution is 1.54. The minimum absolute atomic E-state index is 1.22. The summed E-state index contributed by atoms with van der Waals surface area (Å²) in [7, 11) is 0. The van der Waals surface area contributed by atoms with Crippen LogP contribution in [-0.2, 0) is 0 Å². The standard InChI is InChI=1S/C36H26/c1-4-14-27(15-5-1)30-24-31(35-22-12-10-20-33(35)28-16-6-2-7-17-28)26-32(25-30)36-23-13-11-21-34(36)29-18-8-3-9-19-29/h1-26H. The molecule has 0 spiro atoms. The fourth-order valence-electron chi connectivity index (χ4n) is 4.94. The Morgan fingerprint density at radius 3 is 0.861 bits per heavy atom. The third-order valence-electron chi connectivity index (χ3n) is 6.69. The van der Waals surface area contributed by atoms with E-state index < -0.39 is 0 Å². The highest BCUT2D eigenvalue weighted by molar-refractivity contribution is 5.91. The Morgan fingerprint density at radius 1 is 0.194 bits per heavy atom. The molecule has 0 nitrogen and oxygen atoms in total. The van der Waals surface area contributed by atoms with E-state index in [0.717, 1.165) is 0 Å². The van der Waals surface area contributed by atoms with Gasteiger partial charge in [-0.05, 0) is 73.8 Å². The number of hydrogen-bond acceptors (Lipinski definition) is 0. The zero-order chi connectivity index (χ0) is 24.2. The molecule has 0 saturated carbocycles. The molecule has 0 heteroatoms. The van der Waals surface area contributed by atoms with Crippen molar-refractivity contribution in [2.45, 2.75) is 0 Å². The van der Waals surface area contributed by atoms with Crippen LogP contribution in [0.1, 0.15) is 0 Å². The smallest absolute Gasteiger partial charge is 0.0105 e. The van der Waals surface area contributed by atoms with Gasteiger partial charge in [-0.3, -0.25) is 0 Å².